The Bertz CT molecular complexity index is 284. The van der Waals surface area contributed by atoms with Gasteiger partial charge in [0.1, 0.15) is 6.29 Å². The molecule has 4 heteroatoms. The van der Waals surface area contributed by atoms with E-state index in [1.807, 2.05) is 12.1 Å². The number of likely N-dealkylation sites (N-methyl/N-ethyl adjacent to an activating group) is 1. The third kappa shape index (κ3) is 2.90. The lowest BCUT2D eigenvalue weighted by atomic mass is 10.1. The van der Waals surface area contributed by atoms with Gasteiger partial charge in [0.2, 0.25) is 0 Å². The van der Waals surface area contributed by atoms with Gasteiger partial charge >= 0.3 is 0 Å². The van der Waals surface area contributed by atoms with Gasteiger partial charge in [0.15, 0.2) is 0 Å². The Morgan fingerprint density at radius 3 is 2.86 bits per heavy atom. The molecule has 0 saturated heterocycles. The SMILES string of the molecule is CNC(C=O)Cc1ccc(CN)nc1. The minimum atomic E-state index is -0.138. The molecule has 0 amide bonds. The predicted molar refractivity (Wildman–Crippen MR) is 54.7 cm³/mol. The van der Waals surface area contributed by atoms with Crippen LogP contribution in [-0.4, -0.2) is 24.4 Å². The molecule has 1 aromatic heterocycles. The predicted octanol–water partition coefficient (Wildman–Crippen LogP) is -0.130. The van der Waals surface area contributed by atoms with Gasteiger partial charge in [-0.2, -0.15) is 0 Å². The van der Waals surface area contributed by atoms with Gasteiger partial charge in [0, 0.05) is 12.7 Å². The Morgan fingerprint density at radius 1 is 1.64 bits per heavy atom. The maximum Gasteiger partial charge on any atom is 0.137 e. The number of hydrogen-bond donors (Lipinski definition) is 2. The molecule has 14 heavy (non-hydrogen) atoms. The van der Waals surface area contributed by atoms with Crippen LogP contribution in [0.4, 0.5) is 0 Å². The van der Waals surface area contributed by atoms with Crippen molar-refractivity contribution >= 4 is 6.29 Å². The summed E-state index contributed by atoms with van der Waals surface area (Å²) in [6, 6.07) is 3.69. The number of pyridine rings is 1. The van der Waals surface area contributed by atoms with Crippen molar-refractivity contribution in [1.82, 2.24) is 10.3 Å². The van der Waals surface area contributed by atoms with Crippen LogP contribution in [0.25, 0.3) is 0 Å². The Hall–Kier alpha value is -1.26. The van der Waals surface area contributed by atoms with E-state index < -0.39 is 0 Å². The van der Waals surface area contributed by atoms with Crippen LogP contribution in [-0.2, 0) is 17.8 Å². The number of rotatable bonds is 5. The maximum absolute atomic E-state index is 10.6. The molecule has 1 atom stereocenters. The topological polar surface area (TPSA) is 68.0 Å². The first kappa shape index (κ1) is 10.8. The number of carbonyl (C=O) groups is 1. The molecular weight excluding hydrogens is 178 g/mol. The third-order valence-electron chi connectivity index (χ3n) is 2.09. The molecule has 0 fully saturated rings. The lowest BCUT2D eigenvalue weighted by Crippen LogP contribution is -2.28. The molecule has 3 N–H and O–H groups in total. The van der Waals surface area contributed by atoms with E-state index >= 15 is 0 Å². The van der Waals surface area contributed by atoms with E-state index in [9.17, 15) is 4.79 Å². The first-order chi connectivity index (χ1) is 6.80. The second-order valence-corrected chi connectivity index (χ2v) is 3.10. The lowest BCUT2D eigenvalue weighted by molar-refractivity contribution is -0.109. The molecule has 0 radical (unpaired) electrons. The largest absolute Gasteiger partial charge is 0.325 e. The highest BCUT2D eigenvalue weighted by Gasteiger charge is 2.05. The van der Waals surface area contributed by atoms with E-state index in [4.69, 9.17) is 5.73 Å². The quantitative estimate of drug-likeness (QED) is 0.639. The van der Waals surface area contributed by atoms with Crippen molar-refractivity contribution in [3.8, 4) is 0 Å². The first-order valence-electron chi connectivity index (χ1n) is 4.56. The summed E-state index contributed by atoms with van der Waals surface area (Å²) < 4.78 is 0. The Morgan fingerprint density at radius 2 is 2.43 bits per heavy atom. The fraction of sp³-hybridized carbons (Fsp3) is 0.400. The van der Waals surface area contributed by atoms with Crippen molar-refractivity contribution < 1.29 is 4.79 Å². The molecule has 1 aromatic rings. The Kier molecular flexibility index (Phi) is 4.22. The van der Waals surface area contributed by atoms with Gasteiger partial charge in [-0.3, -0.25) is 4.98 Å². The van der Waals surface area contributed by atoms with Crippen molar-refractivity contribution in [3.05, 3.63) is 29.6 Å². The van der Waals surface area contributed by atoms with Crippen LogP contribution < -0.4 is 11.1 Å². The van der Waals surface area contributed by atoms with E-state index in [1.165, 1.54) is 0 Å². The smallest absolute Gasteiger partial charge is 0.137 e. The molecule has 4 nitrogen and oxygen atoms in total. The zero-order valence-corrected chi connectivity index (χ0v) is 8.23. The van der Waals surface area contributed by atoms with Gasteiger partial charge in [-0.1, -0.05) is 6.07 Å². The zero-order valence-electron chi connectivity index (χ0n) is 8.23. The van der Waals surface area contributed by atoms with Crippen molar-refractivity contribution in [2.45, 2.75) is 19.0 Å². The number of nitrogens with two attached hydrogens (primary N) is 1. The summed E-state index contributed by atoms with van der Waals surface area (Å²) in [5, 5.41) is 2.91. The number of hydrogen-bond acceptors (Lipinski definition) is 4. The van der Waals surface area contributed by atoms with Gasteiger partial charge in [0.05, 0.1) is 11.7 Å². The van der Waals surface area contributed by atoms with E-state index in [1.54, 1.807) is 13.2 Å². The van der Waals surface area contributed by atoms with E-state index in [-0.39, 0.29) is 6.04 Å². The zero-order chi connectivity index (χ0) is 10.4. The second kappa shape index (κ2) is 5.47. The lowest BCUT2D eigenvalue weighted by Gasteiger charge is -2.08. The summed E-state index contributed by atoms with van der Waals surface area (Å²) in [5.74, 6) is 0. The molecule has 76 valence electrons. The summed E-state index contributed by atoms with van der Waals surface area (Å²) in [6.07, 6.45) is 3.32. The van der Waals surface area contributed by atoms with Gasteiger partial charge in [-0.25, -0.2) is 0 Å². The van der Waals surface area contributed by atoms with Crippen molar-refractivity contribution in [2.75, 3.05) is 7.05 Å². The highest BCUT2D eigenvalue weighted by Crippen LogP contribution is 2.02. The highest BCUT2D eigenvalue weighted by atomic mass is 16.1. The summed E-state index contributed by atoms with van der Waals surface area (Å²) in [5.41, 5.74) is 7.32. The molecule has 0 aliphatic rings. The Labute approximate surface area is 83.5 Å². The second-order valence-electron chi connectivity index (χ2n) is 3.10. The Balaban J connectivity index is 2.63. The summed E-state index contributed by atoms with van der Waals surface area (Å²) >= 11 is 0. The number of carbonyl (C=O) groups excluding carboxylic acids is 1. The van der Waals surface area contributed by atoms with Crippen molar-refractivity contribution in [3.63, 3.8) is 0 Å². The third-order valence-corrected chi connectivity index (χ3v) is 2.09. The molecule has 1 unspecified atom stereocenters. The average Bonchev–Trinajstić information content (AvgIpc) is 2.26. The first-order valence-corrected chi connectivity index (χ1v) is 4.56. The van der Waals surface area contributed by atoms with Gasteiger partial charge in [-0.05, 0) is 25.1 Å². The molecule has 0 saturated carbocycles. The number of nitrogens with one attached hydrogen (secondary N) is 1. The van der Waals surface area contributed by atoms with Gasteiger partial charge in [-0.15, -0.1) is 0 Å². The van der Waals surface area contributed by atoms with Gasteiger partial charge in [0.25, 0.3) is 0 Å². The fourth-order valence-corrected chi connectivity index (χ4v) is 1.17. The van der Waals surface area contributed by atoms with E-state index in [2.05, 4.69) is 10.3 Å². The van der Waals surface area contributed by atoms with Crippen LogP contribution in [0.3, 0.4) is 0 Å². The minimum absolute atomic E-state index is 0.138. The molecule has 0 aliphatic heterocycles. The number of aldehydes is 1. The monoisotopic (exact) mass is 193 g/mol. The van der Waals surface area contributed by atoms with Crippen LogP contribution >= 0.6 is 0 Å². The standard InChI is InChI=1S/C10H15N3O/c1-12-10(7-14)4-8-2-3-9(5-11)13-6-8/h2-3,6-7,10,12H,4-5,11H2,1H3. The van der Waals surface area contributed by atoms with E-state index in [0.717, 1.165) is 17.5 Å². The molecule has 0 aliphatic carbocycles. The molecule has 1 heterocycles. The molecule has 1 rings (SSSR count). The molecule has 0 aromatic carbocycles. The summed E-state index contributed by atoms with van der Waals surface area (Å²) in [7, 11) is 1.76. The normalized spacial score (nSPS) is 12.4. The van der Waals surface area contributed by atoms with Gasteiger partial charge < -0.3 is 15.8 Å². The number of aromatic nitrogens is 1. The van der Waals surface area contributed by atoms with E-state index in [0.29, 0.717) is 13.0 Å². The maximum atomic E-state index is 10.6. The van der Waals surface area contributed by atoms with Crippen LogP contribution in [0.15, 0.2) is 18.3 Å². The molecular formula is C10H15N3O. The summed E-state index contributed by atoms with van der Waals surface area (Å²) in [6.45, 7) is 0.448. The van der Waals surface area contributed by atoms with Crippen LogP contribution in [0, 0.1) is 0 Å². The van der Waals surface area contributed by atoms with Crippen molar-refractivity contribution in [1.29, 1.82) is 0 Å². The molecule has 0 spiro atoms. The fourth-order valence-electron chi connectivity index (χ4n) is 1.17. The minimum Gasteiger partial charge on any atom is -0.325 e. The van der Waals surface area contributed by atoms with Crippen LogP contribution in [0.1, 0.15) is 11.3 Å². The van der Waals surface area contributed by atoms with Crippen molar-refractivity contribution in [2.24, 2.45) is 5.73 Å². The highest BCUT2D eigenvalue weighted by molar-refractivity contribution is 5.58. The number of nitrogens with zero attached hydrogens (tertiary/aromatic N) is 1. The van der Waals surface area contributed by atoms with Crippen LogP contribution in [0.2, 0.25) is 0 Å². The van der Waals surface area contributed by atoms with Crippen LogP contribution in [0.5, 0.6) is 0 Å². The summed E-state index contributed by atoms with van der Waals surface area (Å²) in [4.78, 5) is 14.7. The molecule has 0 bridgehead atoms. The average molecular weight is 193 g/mol.